The molecule has 0 amide bonds. The summed E-state index contributed by atoms with van der Waals surface area (Å²) >= 11 is 0. The number of nitrogens with two attached hydrogens (primary N) is 1. The Morgan fingerprint density at radius 3 is 2.48 bits per heavy atom. The smallest absolute Gasteiger partial charge is 0.196 e. The number of anilines is 1. The van der Waals surface area contributed by atoms with Gasteiger partial charge in [0.05, 0.1) is 18.3 Å². The Morgan fingerprint density at radius 1 is 1.14 bits per heavy atom. The van der Waals surface area contributed by atoms with Gasteiger partial charge < -0.3 is 10.6 Å². The van der Waals surface area contributed by atoms with Gasteiger partial charge in [0.2, 0.25) is 0 Å². The molecular weight excluding hydrogens is 265 g/mol. The average molecular weight is 283 g/mol. The molecule has 1 heterocycles. The summed E-state index contributed by atoms with van der Waals surface area (Å²) in [6, 6.07) is 12.9. The number of para-hydroxylation sites is 1. The number of hydrogen-bond acceptors (Lipinski definition) is 3. The van der Waals surface area contributed by atoms with E-state index in [1.54, 1.807) is 17.0 Å². The Kier molecular flexibility index (Phi) is 3.37. The number of rotatable bonds is 2. The van der Waals surface area contributed by atoms with Gasteiger partial charge in [0.1, 0.15) is 5.82 Å². The lowest BCUT2D eigenvalue weighted by Crippen LogP contribution is -2.36. The number of halogens is 1. The maximum atomic E-state index is 14.1. The summed E-state index contributed by atoms with van der Waals surface area (Å²) in [5.41, 5.74) is 9.95. The average Bonchev–Trinajstić information content (AvgIpc) is 2.80. The predicted molar refractivity (Wildman–Crippen MR) is 84.0 cm³/mol. The first-order valence-electron chi connectivity index (χ1n) is 6.98. The fourth-order valence-electron chi connectivity index (χ4n) is 2.89. The van der Waals surface area contributed by atoms with Crippen LogP contribution in [0.15, 0.2) is 47.5 Å². The van der Waals surface area contributed by atoms with E-state index in [4.69, 9.17) is 5.73 Å². The number of nitrogens with zero attached hydrogens (tertiary/aromatic N) is 2. The molecule has 1 aliphatic heterocycles. The molecule has 1 unspecified atom stereocenters. The summed E-state index contributed by atoms with van der Waals surface area (Å²) in [7, 11) is 0. The van der Waals surface area contributed by atoms with E-state index in [1.807, 2.05) is 6.07 Å². The summed E-state index contributed by atoms with van der Waals surface area (Å²) < 4.78 is 14.1. The number of benzene rings is 2. The molecule has 2 aromatic rings. The number of guanidine groups is 1. The molecule has 2 N–H and O–H groups in total. The lowest BCUT2D eigenvalue weighted by atomic mass is 10.0. The minimum atomic E-state index is -0.285. The predicted octanol–water partition coefficient (Wildman–Crippen LogP) is 3.32. The summed E-state index contributed by atoms with van der Waals surface area (Å²) in [6.45, 7) is 4.66. The molecule has 0 spiro atoms. The Morgan fingerprint density at radius 2 is 1.81 bits per heavy atom. The topological polar surface area (TPSA) is 41.6 Å². The van der Waals surface area contributed by atoms with Crippen LogP contribution in [-0.2, 0) is 0 Å². The lowest BCUT2D eigenvalue weighted by Gasteiger charge is -2.27. The van der Waals surface area contributed by atoms with Crippen molar-refractivity contribution in [1.29, 1.82) is 0 Å². The molecule has 0 aromatic heterocycles. The minimum Gasteiger partial charge on any atom is -0.369 e. The molecule has 0 aliphatic carbocycles. The quantitative estimate of drug-likeness (QED) is 0.918. The van der Waals surface area contributed by atoms with E-state index in [-0.39, 0.29) is 11.9 Å². The molecular formula is C17H18FN3. The first-order valence-corrected chi connectivity index (χ1v) is 6.98. The zero-order valence-electron chi connectivity index (χ0n) is 12.2. The third kappa shape index (κ3) is 2.49. The maximum Gasteiger partial charge on any atom is 0.196 e. The lowest BCUT2D eigenvalue weighted by molar-refractivity contribution is 0.619. The van der Waals surface area contributed by atoms with Crippen LogP contribution in [0.1, 0.15) is 22.7 Å². The van der Waals surface area contributed by atoms with E-state index < -0.39 is 0 Å². The van der Waals surface area contributed by atoms with Gasteiger partial charge in [-0.25, -0.2) is 4.39 Å². The number of aliphatic imine (C=N–C) groups is 1. The SMILES string of the molecule is Cc1cc(C)cc(C2CN=C(N)N2c2ccccc2F)c1. The minimum absolute atomic E-state index is 0.0551. The van der Waals surface area contributed by atoms with Crippen molar-refractivity contribution < 1.29 is 4.39 Å². The van der Waals surface area contributed by atoms with Crippen LogP contribution in [0, 0.1) is 19.7 Å². The molecule has 1 aliphatic rings. The molecule has 0 saturated heterocycles. The molecule has 0 bridgehead atoms. The van der Waals surface area contributed by atoms with E-state index in [2.05, 4.69) is 37.0 Å². The highest BCUT2D eigenvalue weighted by Gasteiger charge is 2.30. The third-order valence-corrected chi connectivity index (χ3v) is 3.73. The summed E-state index contributed by atoms with van der Waals surface area (Å²) in [5.74, 6) is 0.0798. The van der Waals surface area contributed by atoms with Crippen LogP contribution in [0.4, 0.5) is 10.1 Å². The van der Waals surface area contributed by atoms with Crippen LogP contribution >= 0.6 is 0 Å². The van der Waals surface area contributed by atoms with Crippen molar-refractivity contribution in [2.24, 2.45) is 10.7 Å². The van der Waals surface area contributed by atoms with Gasteiger partial charge in [-0.2, -0.15) is 0 Å². The second-order valence-electron chi connectivity index (χ2n) is 5.46. The van der Waals surface area contributed by atoms with Gasteiger partial charge >= 0.3 is 0 Å². The normalized spacial score (nSPS) is 18.0. The zero-order valence-corrected chi connectivity index (χ0v) is 12.2. The molecule has 21 heavy (non-hydrogen) atoms. The first kappa shape index (κ1) is 13.6. The van der Waals surface area contributed by atoms with E-state index in [9.17, 15) is 4.39 Å². The summed E-state index contributed by atoms with van der Waals surface area (Å²) in [6.07, 6.45) is 0. The van der Waals surface area contributed by atoms with Crippen molar-refractivity contribution in [1.82, 2.24) is 0 Å². The fourth-order valence-corrected chi connectivity index (χ4v) is 2.89. The molecule has 1 atom stereocenters. The van der Waals surface area contributed by atoms with Crippen LogP contribution in [-0.4, -0.2) is 12.5 Å². The zero-order chi connectivity index (χ0) is 15.0. The second-order valence-corrected chi connectivity index (χ2v) is 5.46. The van der Waals surface area contributed by atoms with Crippen molar-refractivity contribution in [3.8, 4) is 0 Å². The maximum absolute atomic E-state index is 14.1. The van der Waals surface area contributed by atoms with Gasteiger partial charge in [0.15, 0.2) is 5.96 Å². The van der Waals surface area contributed by atoms with Gasteiger partial charge in [-0.05, 0) is 31.5 Å². The van der Waals surface area contributed by atoms with Crippen LogP contribution in [0.5, 0.6) is 0 Å². The van der Waals surface area contributed by atoms with Crippen LogP contribution in [0.3, 0.4) is 0 Å². The van der Waals surface area contributed by atoms with Gasteiger partial charge in [0.25, 0.3) is 0 Å². The molecule has 0 saturated carbocycles. The molecule has 3 rings (SSSR count). The van der Waals surface area contributed by atoms with Crippen LogP contribution in [0.25, 0.3) is 0 Å². The van der Waals surface area contributed by atoms with Crippen molar-refractivity contribution in [3.63, 3.8) is 0 Å². The number of aryl methyl sites for hydroxylation is 2. The monoisotopic (exact) mass is 283 g/mol. The van der Waals surface area contributed by atoms with E-state index in [0.29, 0.717) is 18.2 Å². The first-order chi connectivity index (χ1) is 10.1. The fraction of sp³-hybridized carbons (Fsp3) is 0.235. The molecule has 4 heteroatoms. The van der Waals surface area contributed by atoms with E-state index in [1.165, 1.54) is 17.2 Å². The number of hydrogen-bond donors (Lipinski definition) is 1. The van der Waals surface area contributed by atoms with E-state index in [0.717, 1.165) is 5.56 Å². The van der Waals surface area contributed by atoms with Gasteiger partial charge in [0, 0.05) is 0 Å². The van der Waals surface area contributed by atoms with Crippen molar-refractivity contribution in [3.05, 3.63) is 65.0 Å². The van der Waals surface area contributed by atoms with Crippen LogP contribution < -0.4 is 10.6 Å². The molecule has 3 nitrogen and oxygen atoms in total. The van der Waals surface area contributed by atoms with Crippen molar-refractivity contribution >= 4 is 11.6 Å². The highest BCUT2D eigenvalue weighted by Crippen LogP contribution is 2.33. The highest BCUT2D eigenvalue weighted by atomic mass is 19.1. The Balaban J connectivity index is 2.05. The standard InChI is InChI=1S/C17H18FN3/c1-11-7-12(2)9-13(8-11)16-10-20-17(19)21(16)15-6-4-3-5-14(15)18/h3-9,16H,10H2,1-2H3,(H2,19,20). The third-order valence-electron chi connectivity index (χ3n) is 3.73. The summed E-state index contributed by atoms with van der Waals surface area (Å²) in [4.78, 5) is 6.09. The molecule has 2 aromatic carbocycles. The molecule has 0 fully saturated rings. The van der Waals surface area contributed by atoms with Gasteiger partial charge in [-0.1, -0.05) is 41.5 Å². The largest absolute Gasteiger partial charge is 0.369 e. The summed E-state index contributed by atoms with van der Waals surface area (Å²) in [5, 5.41) is 0. The highest BCUT2D eigenvalue weighted by molar-refractivity contribution is 5.97. The Labute approximate surface area is 123 Å². The van der Waals surface area contributed by atoms with Gasteiger partial charge in [-0.15, -0.1) is 0 Å². The van der Waals surface area contributed by atoms with Crippen LogP contribution in [0.2, 0.25) is 0 Å². The van der Waals surface area contributed by atoms with E-state index >= 15 is 0 Å². The van der Waals surface area contributed by atoms with Crippen molar-refractivity contribution in [2.75, 3.05) is 11.4 Å². The Hall–Kier alpha value is -2.36. The van der Waals surface area contributed by atoms with Crippen molar-refractivity contribution in [2.45, 2.75) is 19.9 Å². The molecule has 108 valence electrons. The molecule has 0 radical (unpaired) electrons. The van der Waals surface area contributed by atoms with Gasteiger partial charge in [-0.3, -0.25) is 4.99 Å². The Bertz CT molecular complexity index is 689. The second kappa shape index (κ2) is 5.20.